The number of anilines is 1. The first-order chi connectivity index (χ1) is 12.5. The van der Waals surface area contributed by atoms with Gasteiger partial charge in [0.2, 0.25) is 0 Å². The Balaban J connectivity index is 1.94. The monoisotopic (exact) mass is 346 g/mol. The molecule has 0 amide bonds. The smallest absolute Gasteiger partial charge is 0.338 e. The first-order valence-corrected chi connectivity index (χ1v) is 8.57. The minimum atomic E-state index is -1.11. The first-order valence-electron chi connectivity index (χ1n) is 8.57. The van der Waals surface area contributed by atoms with Crippen molar-refractivity contribution in [2.75, 3.05) is 4.90 Å². The number of carboxylic acid groups (broad SMARTS) is 1. The molecule has 130 valence electrons. The molecule has 2 aromatic rings. The molecule has 1 N–H and O–H groups in total. The second kappa shape index (κ2) is 5.97. The maximum absolute atomic E-state index is 11.6. The lowest BCUT2D eigenvalue weighted by Gasteiger charge is -2.31. The van der Waals surface area contributed by atoms with Crippen LogP contribution in [-0.2, 0) is 9.59 Å². The fraction of sp³-hybridized carbons (Fsp3) is 0.238. The Kier molecular flexibility index (Phi) is 3.74. The van der Waals surface area contributed by atoms with Gasteiger partial charge in [-0.15, -0.1) is 0 Å². The highest BCUT2D eigenvalue weighted by molar-refractivity contribution is 6.16. The van der Waals surface area contributed by atoms with Gasteiger partial charge >= 0.3 is 5.97 Å². The lowest BCUT2D eigenvalue weighted by Crippen LogP contribution is -2.27. The molecule has 5 nitrogen and oxygen atoms in total. The normalized spacial score (nSPS) is 16.0. The molecule has 1 fully saturated rings. The fourth-order valence-electron chi connectivity index (χ4n) is 3.50. The quantitative estimate of drug-likeness (QED) is 0.861. The van der Waals surface area contributed by atoms with Gasteiger partial charge < -0.3 is 10.0 Å². The minimum absolute atomic E-state index is 0.00329. The van der Waals surface area contributed by atoms with Crippen LogP contribution in [0.5, 0.6) is 0 Å². The zero-order chi connectivity index (χ0) is 18.4. The van der Waals surface area contributed by atoms with E-state index in [-0.39, 0.29) is 17.2 Å². The molecule has 0 atom stereocenters. The Morgan fingerprint density at radius 3 is 2.50 bits per heavy atom. The van der Waals surface area contributed by atoms with Crippen molar-refractivity contribution < 1.29 is 14.7 Å². The van der Waals surface area contributed by atoms with Crippen molar-refractivity contribution in [2.45, 2.75) is 32.7 Å². The van der Waals surface area contributed by atoms with Crippen molar-refractivity contribution in [3.63, 3.8) is 0 Å². The van der Waals surface area contributed by atoms with Crippen molar-refractivity contribution in [1.29, 1.82) is 0 Å². The highest BCUT2D eigenvalue weighted by atomic mass is 16.4. The van der Waals surface area contributed by atoms with E-state index in [0.29, 0.717) is 5.56 Å². The summed E-state index contributed by atoms with van der Waals surface area (Å²) in [4.78, 5) is 29.5. The Morgan fingerprint density at radius 2 is 1.92 bits per heavy atom. The Labute approximate surface area is 151 Å². The van der Waals surface area contributed by atoms with Crippen LogP contribution < -0.4 is 4.90 Å². The highest BCUT2D eigenvalue weighted by Gasteiger charge is 2.36. The Hall–Kier alpha value is -3.17. The molecule has 1 aliphatic heterocycles. The third-order valence-corrected chi connectivity index (χ3v) is 4.99. The lowest BCUT2D eigenvalue weighted by molar-refractivity contribution is -0.132. The minimum Gasteiger partial charge on any atom is -0.478 e. The van der Waals surface area contributed by atoms with Crippen molar-refractivity contribution >= 4 is 23.2 Å². The largest absolute Gasteiger partial charge is 0.478 e. The van der Waals surface area contributed by atoms with Crippen LogP contribution in [0.15, 0.2) is 42.2 Å². The zero-order valence-corrected chi connectivity index (χ0v) is 14.6. The molecule has 2 heterocycles. The summed E-state index contributed by atoms with van der Waals surface area (Å²) >= 11 is 0. The predicted molar refractivity (Wildman–Crippen MR) is 99.5 cm³/mol. The number of pyridine rings is 1. The van der Waals surface area contributed by atoms with Crippen molar-refractivity contribution in [3.8, 4) is 11.1 Å². The SMILES string of the molecule is Cc1ccc(-c2ccc3c(c2C)N(C2CC2)C=C(C(=O)O)C3=C=O)cn1. The van der Waals surface area contributed by atoms with Gasteiger partial charge in [0, 0.05) is 35.3 Å². The zero-order valence-electron chi connectivity index (χ0n) is 14.6. The summed E-state index contributed by atoms with van der Waals surface area (Å²) in [5.74, 6) is 0.737. The summed E-state index contributed by atoms with van der Waals surface area (Å²) < 4.78 is 0. The van der Waals surface area contributed by atoms with Gasteiger partial charge in [0.25, 0.3) is 0 Å². The number of aliphatic carboxylic acids is 1. The lowest BCUT2D eigenvalue weighted by atomic mass is 9.88. The number of carboxylic acids is 1. The van der Waals surface area contributed by atoms with Gasteiger partial charge in [-0.3, -0.25) is 4.98 Å². The summed E-state index contributed by atoms with van der Waals surface area (Å²) in [6.45, 7) is 3.95. The standard InChI is InChI=1S/C21H18N2O3/c1-12-3-4-14(9-22-12)16-7-8-17-19(11-24)18(21(25)26)10-23(15-5-6-15)20(17)13(16)2/h3-4,7-10,15H,5-6H2,1-2H3,(H,25,26). The maximum Gasteiger partial charge on any atom is 0.338 e. The van der Waals surface area contributed by atoms with E-state index in [1.807, 2.05) is 55.2 Å². The van der Waals surface area contributed by atoms with Gasteiger partial charge in [-0.1, -0.05) is 18.2 Å². The van der Waals surface area contributed by atoms with E-state index in [1.54, 1.807) is 6.20 Å². The van der Waals surface area contributed by atoms with Crippen LogP contribution in [0.3, 0.4) is 0 Å². The Morgan fingerprint density at radius 1 is 1.19 bits per heavy atom. The Bertz CT molecular complexity index is 995. The van der Waals surface area contributed by atoms with Crippen molar-refractivity contribution in [2.24, 2.45) is 0 Å². The summed E-state index contributed by atoms with van der Waals surface area (Å²) in [7, 11) is 0. The number of aryl methyl sites for hydroxylation is 1. The number of rotatable bonds is 3. The number of hydrogen-bond donors (Lipinski definition) is 1. The molecule has 5 heteroatoms. The third-order valence-electron chi connectivity index (χ3n) is 4.99. The molecule has 2 aliphatic rings. The van der Waals surface area contributed by atoms with Crippen LogP contribution in [0.1, 0.15) is 29.7 Å². The molecule has 0 spiro atoms. The van der Waals surface area contributed by atoms with Crippen molar-refractivity contribution in [3.05, 3.63) is 59.1 Å². The van der Waals surface area contributed by atoms with E-state index in [1.165, 1.54) is 0 Å². The second-order valence-corrected chi connectivity index (χ2v) is 6.79. The average Bonchev–Trinajstić information content (AvgIpc) is 3.46. The molecule has 26 heavy (non-hydrogen) atoms. The molecular formula is C21H18N2O3. The molecule has 1 aromatic carbocycles. The topological polar surface area (TPSA) is 70.5 Å². The number of aromatic nitrogens is 1. The van der Waals surface area contributed by atoms with E-state index in [4.69, 9.17) is 0 Å². The third kappa shape index (κ3) is 2.54. The second-order valence-electron chi connectivity index (χ2n) is 6.79. The molecule has 0 radical (unpaired) electrons. The number of hydrogen-bond acceptors (Lipinski definition) is 4. The molecule has 4 rings (SSSR count). The van der Waals surface area contributed by atoms with E-state index < -0.39 is 5.97 Å². The van der Waals surface area contributed by atoms with Crippen LogP contribution >= 0.6 is 0 Å². The molecule has 0 saturated heterocycles. The molecule has 0 bridgehead atoms. The van der Waals surface area contributed by atoms with Gasteiger partial charge in [-0.05, 0) is 43.9 Å². The summed E-state index contributed by atoms with van der Waals surface area (Å²) in [6, 6.07) is 8.01. The van der Waals surface area contributed by atoms with Gasteiger partial charge in [-0.2, -0.15) is 0 Å². The number of carbonyl (C=O) groups excluding carboxylic acids is 1. The first kappa shape index (κ1) is 16.3. The summed E-state index contributed by atoms with van der Waals surface area (Å²) in [5.41, 5.74) is 5.62. The number of nitrogens with zero attached hydrogens (tertiary/aromatic N) is 2. The molecular weight excluding hydrogens is 328 g/mol. The van der Waals surface area contributed by atoms with Gasteiger partial charge in [0.1, 0.15) is 5.94 Å². The molecule has 1 saturated carbocycles. The van der Waals surface area contributed by atoms with Gasteiger partial charge in [0.15, 0.2) is 0 Å². The predicted octanol–water partition coefficient (Wildman–Crippen LogP) is 3.53. The highest BCUT2D eigenvalue weighted by Crippen LogP contribution is 2.45. The molecule has 1 aliphatic carbocycles. The van der Waals surface area contributed by atoms with Gasteiger partial charge in [0.05, 0.1) is 16.8 Å². The maximum atomic E-state index is 11.6. The fourth-order valence-corrected chi connectivity index (χ4v) is 3.50. The van der Waals surface area contributed by atoms with Crippen molar-refractivity contribution in [1.82, 2.24) is 4.98 Å². The number of carbonyl (C=O) groups is 1. The van der Waals surface area contributed by atoms with Crippen LogP contribution in [0.4, 0.5) is 5.69 Å². The number of benzene rings is 1. The summed E-state index contributed by atoms with van der Waals surface area (Å²) in [6.07, 6.45) is 5.45. The molecule has 0 unspecified atom stereocenters. The van der Waals surface area contributed by atoms with Crippen LogP contribution in [0, 0.1) is 13.8 Å². The average molecular weight is 346 g/mol. The van der Waals surface area contributed by atoms with E-state index in [9.17, 15) is 14.7 Å². The van der Waals surface area contributed by atoms with E-state index in [2.05, 4.69) is 4.98 Å². The number of fused-ring (bicyclic) bond motifs is 1. The molecule has 1 aromatic heterocycles. The van der Waals surface area contributed by atoms with Gasteiger partial charge in [-0.25, -0.2) is 9.59 Å². The van der Waals surface area contributed by atoms with Crippen LogP contribution in [0.25, 0.3) is 16.7 Å². The summed E-state index contributed by atoms with van der Waals surface area (Å²) in [5, 5.41) is 9.51. The van der Waals surface area contributed by atoms with E-state index in [0.717, 1.165) is 40.9 Å². The van der Waals surface area contributed by atoms with Crippen LogP contribution in [-0.4, -0.2) is 28.0 Å². The van der Waals surface area contributed by atoms with Crippen LogP contribution in [0.2, 0.25) is 0 Å². The van der Waals surface area contributed by atoms with E-state index >= 15 is 0 Å².